The zero-order valence-corrected chi connectivity index (χ0v) is 16.2. The lowest BCUT2D eigenvalue weighted by Crippen LogP contribution is -2.36. The molecule has 2 aromatic carbocycles. The van der Waals surface area contributed by atoms with Crippen molar-refractivity contribution in [3.63, 3.8) is 0 Å². The third kappa shape index (κ3) is 6.11. The smallest absolute Gasteiger partial charge is 0.416 e. The lowest BCUT2D eigenvalue weighted by Gasteiger charge is -2.28. The van der Waals surface area contributed by atoms with Gasteiger partial charge in [-0.25, -0.2) is 0 Å². The first kappa shape index (κ1) is 21.9. The molecule has 0 aromatic heterocycles. The van der Waals surface area contributed by atoms with Gasteiger partial charge in [-0.1, -0.05) is 0 Å². The molecule has 30 heavy (non-hydrogen) atoms. The molecule has 0 aliphatic carbocycles. The van der Waals surface area contributed by atoms with Gasteiger partial charge < -0.3 is 24.8 Å². The topological polar surface area (TPSA) is 71.0 Å². The highest BCUT2D eigenvalue weighted by Gasteiger charge is 2.30. The zero-order chi connectivity index (χ0) is 21.6. The van der Waals surface area contributed by atoms with Crippen molar-refractivity contribution in [3.05, 3.63) is 59.7 Å². The number of rotatable bonds is 7. The summed E-state index contributed by atoms with van der Waals surface area (Å²) in [7, 11) is 0. The minimum atomic E-state index is -4.41. The number of hydrogen-bond donors (Lipinski definition) is 2. The van der Waals surface area contributed by atoms with Crippen LogP contribution in [0.4, 0.5) is 18.9 Å². The van der Waals surface area contributed by atoms with Crippen molar-refractivity contribution in [2.75, 3.05) is 44.4 Å². The summed E-state index contributed by atoms with van der Waals surface area (Å²) < 4.78 is 48.2. The maximum atomic E-state index is 12.5. The van der Waals surface area contributed by atoms with Crippen molar-refractivity contribution in [3.8, 4) is 5.75 Å². The summed E-state index contributed by atoms with van der Waals surface area (Å²) in [6, 6.07) is 11.3. The predicted octanol–water partition coefficient (Wildman–Crippen LogP) is 2.71. The number of carbonyl (C=O) groups excluding carboxylic acids is 1. The third-order valence-corrected chi connectivity index (χ3v) is 4.63. The molecule has 1 atom stereocenters. The molecule has 0 radical (unpaired) electrons. The van der Waals surface area contributed by atoms with E-state index in [1.165, 1.54) is 12.1 Å². The molecule has 1 unspecified atom stereocenters. The number of anilines is 1. The maximum absolute atomic E-state index is 12.5. The van der Waals surface area contributed by atoms with Crippen molar-refractivity contribution in [1.29, 1.82) is 0 Å². The van der Waals surface area contributed by atoms with Gasteiger partial charge in [-0.2, -0.15) is 13.2 Å². The Morgan fingerprint density at radius 3 is 2.33 bits per heavy atom. The van der Waals surface area contributed by atoms with Crippen LogP contribution in [0.25, 0.3) is 0 Å². The Kier molecular flexibility index (Phi) is 7.17. The van der Waals surface area contributed by atoms with E-state index in [2.05, 4.69) is 10.2 Å². The van der Waals surface area contributed by atoms with Gasteiger partial charge in [0.1, 0.15) is 18.5 Å². The van der Waals surface area contributed by atoms with Crippen LogP contribution in [0, 0.1) is 0 Å². The summed E-state index contributed by atoms with van der Waals surface area (Å²) in [6.07, 6.45) is -5.42. The van der Waals surface area contributed by atoms with Gasteiger partial charge in [0.2, 0.25) is 0 Å². The highest BCUT2D eigenvalue weighted by Crippen LogP contribution is 2.30. The lowest BCUT2D eigenvalue weighted by atomic mass is 10.1. The molecule has 1 aliphatic heterocycles. The Morgan fingerprint density at radius 2 is 1.73 bits per heavy atom. The summed E-state index contributed by atoms with van der Waals surface area (Å²) in [5.74, 6) is -0.135. The first-order valence-electron chi connectivity index (χ1n) is 9.52. The molecular formula is C21H23F3N2O4. The van der Waals surface area contributed by atoms with Gasteiger partial charge in [0.25, 0.3) is 5.91 Å². The SMILES string of the molecule is O=C(NCC(O)COc1ccc(C(F)(F)F)cc1)c1ccc(N2CCOCC2)cc1. The van der Waals surface area contributed by atoms with Crippen molar-refractivity contribution in [1.82, 2.24) is 5.32 Å². The van der Waals surface area contributed by atoms with E-state index in [0.29, 0.717) is 18.8 Å². The van der Waals surface area contributed by atoms with Gasteiger partial charge in [-0.3, -0.25) is 4.79 Å². The second-order valence-electron chi connectivity index (χ2n) is 6.84. The zero-order valence-electron chi connectivity index (χ0n) is 16.2. The molecule has 1 amide bonds. The Balaban J connectivity index is 1.42. The Morgan fingerprint density at radius 1 is 1.10 bits per heavy atom. The van der Waals surface area contributed by atoms with Gasteiger partial charge in [-0.05, 0) is 48.5 Å². The number of halogens is 3. The fourth-order valence-corrected chi connectivity index (χ4v) is 2.95. The first-order chi connectivity index (χ1) is 14.3. The largest absolute Gasteiger partial charge is 0.491 e. The quantitative estimate of drug-likeness (QED) is 0.715. The first-order valence-corrected chi connectivity index (χ1v) is 9.52. The molecule has 1 fully saturated rings. The average Bonchev–Trinajstić information content (AvgIpc) is 2.76. The molecule has 2 N–H and O–H groups in total. The molecule has 3 rings (SSSR count). The van der Waals surface area contributed by atoms with Gasteiger partial charge in [-0.15, -0.1) is 0 Å². The average molecular weight is 424 g/mol. The number of carbonyl (C=O) groups is 1. The molecule has 1 heterocycles. The van der Waals surface area contributed by atoms with Crippen LogP contribution >= 0.6 is 0 Å². The molecule has 6 nitrogen and oxygen atoms in total. The number of hydrogen-bond acceptors (Lipinski definition) is 5. The predicted molar refractivity (Wildman–Crippen MR) is 105 cm³/mol. The number of amides is 1. The van der Waals surface area contributed by atoms with Crippen molar-refractivity contribution in [2.24, 2.45) is 0 Å². The number of aliphatic hydroxyl groups is 1. The van der Waals surface area contributed by atoms with E-state index in [1.54, 1.807) is 12.1 Å². The second kappa shape index (κ2) is 9.82. The number of alkyl halides is 3. The summed E-state index contributed by atoms with van der Waals surface area (Å²) >= 11 is 0. The van der Waals surface area contributed by atoms with Crippen molar-refractivity contribution in [2.45, 2.75) is 12.3 Å². The van der Waals surface area contributed by atoms with Crippen LogP contribution in [0.2, 0.25) is 0 Å². The summed E-state index contributed by atoms with van der Waals surface area (Å²) in [5.41, 5.74) is 0.699. The molecule has 1 aliphatic rings. The van der Waals surface area contributed by atoms with Crippen LogP contribution in [0.1, 0.15) is 15.9 Å². The molecule has 2 aromatic rings. The Labute approximate surface area is 172 Å². The number of ether oxygens (including phenoxy) is 2. The normalized spacial score (nSPS) is 15.5. The van der Waals surface area contributed by atoms with E-state index in [9.17, 15) is 23.1 Å². The Bertz CT molecular complexity index is 820. The van der Waals surface area contributed by atoms with Crippen LogP contribution in [0.15, 0.2) is 48.5 Å². The van der Waals surface area contributed by atoms with Crippen LogP contribution in [-0.4, -0.2) is 56.6 Å². The molecule has 1 saturated heterocycles. The highest BCUT2D eigenvalue weighted by molar-refractivity contribution is 5.94. The molecule has 162 valence electrons. The van der Waals surface area contributed by atoms with E-state index in [-0.39, 0.29) is 24.8 Å². The van der Waals surface area contributed by atoms with Crippen LogP contribution in [0.5, 0.6) is 5.75 Å². The van der Waals surface area contributed by atoms with Crippen LogP contribution in [-0.2, 0) is 10.9 Å². The monoisotopic (exact) mass is 424 g/mol. The molecule has 9 heteroatoms. The lowest BCUT2D eigenvalue weighted by molar-refractivity contribution is -0.137. The minimum absolute atomic E-state index is 0.0509. The summed E-state index contributed by atoms with van der Waals surface area (Å²) in [4.78, 5) is 14.4. The summed E-state index contributed by atoms with van der Waals surface area (Å²) in [5, 5.41) is 12.6. The van der Waals surface area contributed by atoms with E-state index < -0.39 is 17.8 Å². The van der Waals surface area contributed by atoms with E-state index in [0.717, 1.165) is 30.9 Å². The number of benzene rings is 2. The van der Waals surface area contributed by atoms with Gasteiger partial charge in [0.05, 0.1) is 18.8 Å². The second-order valence-corrected chi connectivity index (χ2v) is 6.84. The number of nitrogens with one attached hydrogen (secondary N) is 1. The minimum Gasteiger partial charge on any atom is -0.491 e. The molecule has 0 bridgehead atoms. The standard InChI is InChI=1S/C21H23F3N2O4/c22-21(23,24)16-3-7-19(8-4-16)30-14-18(27)13-25-20(28)15-1-5-17(6-2-15)26-9-11-29-12-10-26/h1-8,18,27H,9-14H2,(H,25,28). The van der Waals surface area contributed by atoms with Crippen molar-refractivity contribution < 1.29 is 32.5 Å². The maximum Gasteiger partial charge on any atom is 0.416 e. The molecular weight excluding hydrogens is 401 g/mol. The van der Waals surface area contributed by atoms with Gasteiger partial charge in [0.15, 0.2) is 0 Å². The van der Waals surface area contributed by atoms with Gasteiger partial charge >= 0.3 is 6.18 Å². The number of nitrogens with zero attached hydrogens (tertiary/aromatic N) is 1. The van der Waals surface area contributed by atoms with Crippen LogP contribution < -0.4 is 15.0 Å². The number of aliphatic hydroxyl groups excluding tert-OH is 1. The molecule has 0 saturated carbocycles. The highest BCUT2D eigenvalue weighted by atomic mass is 19.4. The molecule has 0 spiro atoms. The van der Waals surface area contributed by atoms with Gasteiger partial charge in [0, 0.05) is 30.9 Å². The third-order valence-electron chi connectivity index (χ3n) is 4.63. The van der Waals surface area contributed by atoms with E-state index in [1.807, 2.05) is 12.1 Å². The van der Waals surface area contributed by atoms with Crippen molar-refractivity contribution >= 4 is 11.6 Å². The van der Waals surface area contributed by atoms with E-state index in [4.69, 9.17) is 9.47 Å². The fourth-order valence-electron chi connectivity index (χ4n) is 2.95. The fraction of sp³-hybridized carbons (Fsp3) is 0.381. The summed E-state index contributed by atoms with van der Waals surface area (Å²) in [6.45, 7) is 2.74. The van der Waals surface area contributed by atoms with Crippen LogP contribution in [0.3, 0.4) is 0 Å². The number of morpholine rings is 1. The van der Waals surface area contributed by atoms with E-state index >= 15 is 0 Å². The Hall–Kier alpha value is -2.78.